The Hall–Kier alpha value is -2.60. The van der Waals surface area contributed by atoms with Crippen molar-refractivity contribution in [2.75, 3.05) is 13.2 Å². The maximum Gasteiger partial charge on any atom is 0.269 e. The standard InChI is InChI=1S/C19H23NO5/c1-19(2,3)14-4-8-17(9-5-14)24-12-16(21)13-25-18-10-6-15(7-11-18)20(22)23/h4-11,16,21H,12-13H2,1-3H3/t16-/m1/s1. The number of nitrogens with zero attached hydrogens (tertiary/aromatic N) is 1. The van der Waals surface area contributed by atoms with Crippen LogP contribution in [0.5, 0.6) is 11.5 Å². The smallest absolute Gasteiger partial charge is 0.269 e. The number of hydrogen-bond acceptors (Lipinski definition) is 5. The maximum atomic E-state index is 10.6. The van der Waals surface area contributed by atoms with Crippen LogP contribution in [0.25, 0.3) is 0 Å². The maximum absolute atomic E-state index is 10.6. The van der Waals surface area contributed by atoms with Gasteiger partial charge in [0.25, 0.3) is 5.69 Å². The van der Waals surface area contributed by atoms with Crippen LogP contribution in [0.1, 0.15) is 26.3 Å². The molecular weight excluding hydrogens is 322 g/mol. The van der Waals surface area contributed by atoms with Crippen LogP contribution in [0.2, 0.25) is 0 Å². The molecule has 0 aliphatic carbocycles. The fourth-order valence-electron chi connectivity index (χ4n) is 2.15. The Bertz CT molecular complexity index is 689. The molecule has 0 bridgehead atoms. The van der Waals surface area contributed by atoms with Crippen molar-refractivity contribution in [2.24, 2.45) is 0 Å². The topological polar surface area (TPSA) is 81.8 Å². The van der Waals surface area contributed by atoms with E-state index in [9.17, 15) is 15.2 Å². The van der Waals surface area contributed by atoms with Gasteiger partial charge in [-0.15, -0.1) is 0 Å². The van der Waals surface area contributed by atoms with Crippen molar-refractivity contribution in [3.63, 3.8) is 0 Å². The predicted molar refractivity (Wildman–Crippen MR) is 95.2 cm³/mol. The minimum Gasteiger partial charge on any atom is -0.491 e. The van der Waals surface area contributed by atoms with Gasteiger partial charge in [0.05, 0.1) is 4.92 Å². The number of rotatable bonds is 7. The molecule has 0 fully saturated rings. The molecule has 6 nitrogen and oxygen atoms in total. The van der Waals surface area contributed by atoms with Crippen LogP contribution in [-0.4, -0.2) is 29.3 Å². The van der Waals surface area contributed by atoms with E-state index in [0.29, 0.717) is 11.5 Å². The first-order valence-electron chi connectivity index (χ1n) is 8.04. The third-order valence-corrected chi connectivity index (χ3v) is 3.65. The van der Waals surface area contributed by atoms with E-state index >= 15 is 0 Å². The molecule has 0 aliphatic heterocycles. The fraction of sp³-hybridized carbons (Fsp3) is 0.368. The van der Waals surface area contributed by atoms with Crippen LogP contribution >= 0.6 is 0 Å². The van der Waals surface area contributed by atoms with Crippen molar-refractivity contribution in [3.8, 4) is 11.5 Å². The van der Waals surface area contributed by atoms with Crippen molar-refractivity contribution < 1.29 is 19.5 Å². The SMILES string of the molecule is CC(C)(C)c1ccc(OC[C@@H](O)COc2ccc([N+](=O)[O-])cc2)cc1. The van der Waals surface area contributed by atoms with Crippen molar-refractivity contribution in [3.05, 3.63) is 64.2 Å². The van der Waals surface area contributed by atoms with Gasteiger partial charge in [0.2, 0.25) is 0 Å². The van der Waals surface area contributed by atoms with E-state index < -0.39 is 11.0 Å². The molecule has 1 N–H and O–H groups in total. The molecule has 2 rings (SSSR count). The van der Waals surface area contributed by atoms with Crippen LogP contribution in [0.3, 0.4) is 0 Å². The molecule has 0 aliphatic rings. The molecule has 1 atom stereocenters. The van der Waals surface area contributed by atoms with E-state index in [1.54, 1.807) is 0 Å². The summed E-state index contributed by atoms with van der Waals surface area (Å²) in [5, 5.41) is 20.5. The number of nitro groups is 1. The quantitative estimate of drug-likeness (QED) is 0.611. The molecule has 0 saturated heterocycles. The summed E-state index contributed by atoms with van der Waals surface area (Å²) in [5.74, 6) is 1.14. The molecular formula is C19H23NO5. The molecule has 0 amide bonds. The van der Waals surface area contributed by atoms with Crippen molar-refractivity contribution in [1.82, 2.24) is 0 Å². The lowest BCUT2D eigenvalue weighted by molar-refractivity contribution is -0.384. The first-order valence-corrected chi connectivity index (χ1v) is 8.04. The lowest BCUT2D eigenvalue weighted by Gasteiger charge is -2.19. The number of ether oxygens (including phenoxy) is 2. The molecule has 25 heavy (non-hydrogen) atoms. The molecule has 0 radical (unpaired) electrons. The molecule has 0 spiro atoms. The minimum absolute atomic E-state index is 0.00469. The molecule has 0 heterocycles. The molecule has 2 aromatic rings. The second-order valence-corrected chi connectivity index (χ2v) is 6.80. The first-order chi connectivity index (χ1) is 11.8. The molecule has 0 aromatic heterocycles. The zero-order valence-electron chi connectivity index (χ0n) is 14.6. The highest BCUT2D eigenvalue weighted by Crippen LogP contribution is 2.24. The minimum atomic E-state index is -0.808. The Kier molecular flexibility index (Phi) is 5.98. The van der Waals surface area contributed by atoms with Gasteiger partial charge in [0.15, 0.2) is 0 Å². The third-order valence-electron chi connectivity index (χ3n) is 3.65. The second kappa shape index (κ2) is 7.98. The van der Waals surface area contributed by atoms with Crippen molar-refractivity contribution in [2.45, 2.75) is 32.3 Å². The van der Waals surface area contributed by atoms with Gasteiger partial charge >= 0.3 is 0 Å². The fourth-order valence-corrected chi connectivity index (χ4v) is 2.15. The van der Waals surface area contributed by atoms with E-state index in [4.69, 9.17) is 9.47 Å². The second-order valence-electron chi connectivity index (χ2n) is 6.80. The molecule has 0 unspecified atom stereocenters. The first kappa shape index (κ1) is 18.7. The third kappa shape index (κ3) is 5.76. The van der Waals surface area contributed by atoms with Crippen LogP contribution in [0.15, 0.2) is 48.5 Å². The number of hydrogen-bond donors (Lipinski definition) is 1. The van der Waals surface area contributed by atoms with Crippen LogP contribution < -0.4 is 9.47 Å². The van der Waals surface area contributed by atoms with Gasteiger partial charge in [-0.1, -0.05) is 32.9 Å². The number of benzene rings is 2. The Morgan fingerprint density at radius 1 is 0.960 bits per heavy atom. The highest BCUT2D eigenvalue weighted by molar-refractivity contribution is 5.36. The largest absolute Gasteiger partial charge is 0.491 e. The molecule has 0 saturated carbocycles. The van der Waals surface area contributed by atoms with Gasteiger partial charge in [-0.25, -0.2) is 0 Å². The Morgan fingerprint density at radius 3 is 1.80 bits per heavy atom. The van der Waals surface area contributed by atoms with E-state index in [-0.39, 0.29) is 24.3 Å². The van der Waals surface area contributed by atoms with Crippen LogP contribution in [0, 0.1) is 10.1 Å². The average Bonchev–Trinajstić information content (AvgIpc) is 2.58. The summed E-state index contributed by atoms with van der Waals surface area (Å²) >= 11 is 0. The highest BCUT2D eigenvalue weighted by atomic mass is 16.6. The van der Waals surface area contributed by atoms with E-state index in [0.717, 1.165) is 0 Å². The normalized spacial score (nSPS) is 12.5. The van der Waals surface area contributed by atoms with Gasteiger partial charge in [-0.3, -0.25) is 10.1 Å². The summed E-state index contributed by atoms with van der Waals surface area (Å²) in [5.41, 5.74) is 1.29. The Labute approximate surface area is 147 Å². The van der Waals surface area contributed by atoms with Gasteiger partial charge in [0, 0.05) is 12.1 Å². The molecule has 134 valence electrons. The van der Waals surface area contributed by atoms with Gasteiger partial charge in [0.1, 0.15) is 30.8 Å². The number of aliphatic hydroxyl groups excluding tert-OH is 1. The van der Waals surface area contributed by atoms with E-state index in [2.05, 4.69) is 20.8 Å². The lowest BCUT2D eigenvalue weighted by atomic mass is 9.87. The lowest BCUT2D eigenvalue weighted by Crippen LogP contribution is -2.25. The Balaban J connectivity index is 1.78. The number of non-ortho nitro benzene ring substituents is 1. The van der Waals surface area contributed by atoms with Gasteiger partial charge in [-0.2, -0.15) is 0 Å². The molecule has 2 aromatic carbocycles. The van der Waals surface area contributed by atoms with E-state index in [1.807, 2.05) is 24.3 Å². The van der Waals surface area contributed by atoms with Gasteiger partial charge < -0.3 is 14.6 Å². The summed E-state index contributed by atoms with van der Waals surface area (Å²) in [7, 11) is 0. The summed E-state index contributed by atoms with van der Waals surface area (Å²) in [6.07, 6.45) is -0.808. The molecule has 6 heteroatoms. The summed E-state index contributed by atoms with van der Waals surface area (Å²) in [6, 6.07) is 13.5. The van der Waals surface area contributed by atoms with Gasteiger partial charge in [-0.05, 0) is 35.2 Å². The Morgan fingerprint density at radius 2 is 1.40 bits per heavy atom. The highest BCUT2D eigenvalue weighted by Gasteiger charge is 2.13. The average molecular weight is 345 g/mol. The summed E-state index contributed by atoms with van der Waals surface area (Å²) in [4.78, 5) is 10.1. The van der Waals surface area contributed by atoms with Crippen molar-refractivity contribution >= 4 is 5.69 Å². The monoisotopic (exact) mass is 345 g/mol. The number of nitro benzene ring substituents is 1. The van der Waals surface area contributed by atoms with Crippen LogP contribution in [0.4, 0.5) is 5.69 Å². The summed E-state index contributed by atoms with van der Waals surface area (Å²) < 4.78 is 11.0. The summed E-state index contributed by atoms with van der Waals surface area (Å²) in [6.45, 7) is 6.56. The number of aliphatic hydroxyl groups is 1. The van der Waals surface area contributed by atoms with Crippen molar-refractivity contribution in [1.29, 1.82) is 0 Å². The van der Waals surface area contributed by atoms with E-state index in [1.165, 1.54) is 29.8 Å². The predicted octanol–water partition coefficient (Wildman–Crippen LogP) is 3.71. The zero-order chi connectivity index (χ0) is 18.4. The zero-order valence-corrected chi connectivity index (χ0v) is 14.6. The van der Waals surface area contributed by atoms with Crippen LogP contribution in [-0.2, 0) is 5.41 Å².